The molecule has 1 saturated heterocycles. The highest BCUT2D eigenvalue weighted by Gasteiger charge is 2.29. The van der Waals surface area contributed by atoms with E-state index in [1.54, 1.807) is 0 Å². The molecule has 1 aliphatic rings. The second-order valence-electron chi connectivity index (χ2n) is 6.77. The van der Waals surface area contributed by atoms with Crippen LogP contribution in [0.25, 0.3) is 0 Å². The summed E-state index contributed by atoms with van der Waals surface area (Å²) >= 11 is 0. The lowest BCUT2D eigenvalue weighted by molar-refractivity contribution is -0.127. The molecule has 1 aromatic rings. The van der Waals surface area contributed by atoms with Crippen LogP contribution >= 0.6 is 0 Å². The molecule has 2 rings (SSSR count). The normalized spacial score (nSPS) is 16.4. The Labute approximate surface area is 152 Å². The average molecular weight is 367 g/mol. The maximum Gasteiger partial charge on any atom is 0.256 e. The summed E-state index contributed by atoms with van der Waals surface area (Å²) in [6, 6.07) is 2.91. The Morgan fingerprint density at radius 1 is 1.31 bits per heavy atom. The molecule has 1 aromatic carbocycles. The number of unbranched alkanes of at least 4 members (excludes halogenated alkanes) is 1. The van der Waals surface area contributed by atoms with Gasteiger partial charge in [0.15, 0.2) is 0 Å². The monoisotopic (exact) mass is 367 g/mol. The number of hydrogen-bond donors (Lipinski definition) is 2. The van der Waals surface area contributed by atoms with E-state index in [1.807, 2.05) is 0 Å². The van der Waals surface area contributed by atoms with Crippen molar-refractivity contribution in [2.45, 2.75) is 45.1 Å². The number of nitrogens with one attached hydrogen (secondary N) is 1. The van der Waals surface area contributed by atoms with Gasteiger partial charge < -0.3 is 16.0 Å². The summed E-state index contributed by atoms with van der Waals surface area (Å²) in [6.07, 6.45) is 3.96. The van der Waals surface area contributed by atoms with E-state index in [4.69, 9.17) is 5.73 Å². The molecule has 1 fully saturated rings. The molecule has 0 bridgehead atoms. The topological polar surface area (TPSA) is 75.4 Å². The molecular formula is C19H27F2N3O2. The quantitative estimate of drug-likeness (QED) is 0.777. The van der Waals surface area contributed by atoms with E-state index >= 15 is 0 Å². The lowest BCUT2D eigenvalue weighted by atomic mass is 9.94. The molecule has 1 aliphatic heterocycles. The molecule has 3 N–H and O–H groups in total. The van der Waals surface area contributed by atoms with E-state index in [9.17, 15) is 18.4 Å². The molecule has 0 aliphatic carbocycles. The fourth-order valence-corrected chi connectivity index (χ4v) is 3.20. The van der Waals surface area contributed by atoms with Gasteiger partial charge in [0.1, 0.15) is 11.6 Å². The average Bonchev–Trinajstić information content (AvgIpc) is 2.64. The first kappa shape index (κ1) is 20.3. The molecule has 0 aromatic heterocycles. The van der Waals surface area contributed by atoms with E-state index < -0.39 is 17.5 Å². The van der Waals surface area contributed by atoms with Crippen molar-refractivity contribution in [3.05, 3.63) is 35.4 Å². The molecular weight excluding hydrogens is 340 g/mol. The van der Waals surface area contributed by atoms with Gasteiger partial charge in [-0.1, -0.05) is 19.8 Å². The van der Waals surface area contributed by atoms with Crippen LogP contribution in [-0.4, -0.2) is 42.4 Å². The highest BCUT2D eigenvalue weighted by molar-refractivity contribution is 5.94. The van der Waals surface area contributed by atoms with Gasteiger partial charge in [-0.15, -0.1) is 0 Å². The zero-order valence-corrected chi connectivity index (χ0v) is 15.1. The molecule has 1 unspecified atom stereocenters. The highest BCUT2D eigenvalue weighted by atomic mass is 19.1. The smallest absolute Gasteiger partial charge is 0.256 e. The number of rotatable bonds is 7. The number of halogens is 2. The van der Waals surface area contributed by atoms with Gasteiger partial charge in [-0.25, -0.2) is 8.78 Å². The van der Waals surface area contributed by atoms with Crippen LogP contribution in [0.1, 0.15) is 49.4 Å². The lowest BCUT2D eigenvalue weighted by Crippen LogP contribution is -2.47. The van der Waals surface area contributed by atoms with E-state index in [0.29, 0.717) is 38.5 Å². The Bertz CT molecular complexity index is 631. The Kier molecular flexibility index (Phi) is 7.50. The second kappa shape index (κ2) is 9.62. The molecule has 1 atom stereocenters. The number of nitrogens with zero attached hydrogens (tertiary/aromatic N) is 1. The van der Waals surface area contributed by atoms with E-state index in [2.05, 4.69) is 12.2 Å². The van der Waals surface area contributed by atoms with Crippen LogP contribution in [0.2, 0.25) is 0 Å². The Morgan fingerprint density at radius 3 is 2.58 bits per heavy atom. The molecule has 26 heavy (non-hydrogen) atoms. The summed E-state index contributed by atoms with van der Waals surface area (Å²) in [7, 11) is 0. The van der Waals surface area contributed by atoms with Crippen LogP contribution < -0.4 is 11.1 Å². The summed E-state index contributed by atoms with van der Waals surface area (Å²) < 4.78 is 26.8. The Morgan fingerprint density at radius 2 is 2.00 bits per heavy atom. The van der Waals surface area contributed by atoms with Gasteiger partial charge in [-0.3, -0.25) is 9.59 Å². The predicted molar refractivity (Wildman–Crippen MR) is 95.5 cm³/mol. The molecule has 0 spiro atoms. The van der Waals surface area contributed by atoms with Crippen molar-refractivity contribution < 1.29 is 18.4 Å². The van der Waals surface area contributed by atoms with Crippen molar-refractivity contribution in [2.24, 2.45) is 11.7 Å². The molecule has 0 saturated carbocycles. The van der Waals surface area contributed by atoms with Crippen molar-refractivity contribution in [3.8, 4) is 0 Å². The van der Waals surface area contributed by atoms with Crippen molar-refractivity contribution in [1.29, 1.82) is 0 Å². The third-order valence-electron chi connectivity index (χ3n) is 4.85. The molecule has 2 amide bonds. The summed E-state index contributed by atoms with van der Waals surface area (Å²) in [4.78, 5) is 26.3. The molecule has 144 valence electrons. The molecule has 5 nitrogen and oxygen atoms in total. The molecule has 7 heteroatoms. The number of amides is 2. The zero-order chi connectivity index (χ0) is 19.1. The van der Waals surface area contributed by atoms with Crippen LogP contribution in [0.15, 0.2) is 18.2 Å². The molecule has 1 heterocycles. The maximum atomic E-state index is 13.8. The molecule has 0 radical (unpaired) electrons. The Hall–Kier alpha value is -2.02. The highest BCUT2D eigenvalue weighted by Crippen LogP contribution is 2.21. The summed E-state index contributed by atoms with van der Waals surface area (Å²) in [5.74, 6) is -2.25. The maximum absolute atomic E-state index is 13.8. The minimum absolute atomic E-state index is 0.0181. The number of piperidine rings is 1. The first-order chi connectivity index (χ1) is 12.5. The van der Waals surface area contributed by atoms with Gasteiger partial charge in [0.2, 0.25) is 5.91 Å². The number of hydrogen-bond acceptors (Lipinski definition) is 3. The van der Waals surface area contributed by atoms with Crippen molar-refractivity contribution in [1.82, 2.24) is 10.2 Å². The second-order valence-corrected chi connectivity index (χ2v) is 6.77. The number of benzene rings is 1. The number of carbonyl (C=O) groups is 2. The first-order valence-corrected chi connectivity index (χ1v) is 9.21. The summed E-state index contributed by atoms with van der Waals surface area (Å²) in [6.45, 7) is 3.24. The first-order valence-electron chi connectivity index (χ1n) is 9.21. The van der Waals surface area contributed by atoms with E-state index in [1.165, 1.54) is 4.90 Å². The largest absolute Gasteiger partial charge is 0.352 e. The lowest BCUT2D eigenvalue weighted by Gasteiger charge is -2.32. The minimum Gasteiger partial charge on any atom is -0.352 e. The fraction of sp³-hybridized carbons (Fsp3) is 0.579. The summed E-state index contributed by atoms with van der Waals surface area (Å²) in [5, 5.41) is 2.99. The fourth-order valence-electron chi connectivity index (χ4n) is 3.20. The number of likely N-dealkylation sites (tertiary alicyclic amines) is 1. The number of carbonyl (C=O) groups excluding carboxylic acids is 2. The van der Waals surface area contributed by atoms with Gasteiger partial charge >= 0.3 is 0 Å². The third-order valence-corrected chi connectivity index (χ3v) is 4.85. The zero-order valence-electron chi connectivity index (χ0n) is 15.1. The van der Waals surface area contributed by atoms with Crippen LogP contribution in [0.5, 0.6) is 0 Å². The standard InChI is InChI=1S/C19H27F2N3O2/c1-2-3-4-15(12-22)23-18(25)13-7-9-24(10-8-13)19(26)16-6-5-14(20)11-17(16)21/h5-6,11,13,15H,2-4,7-10,12,22H2,1H3,(H,23,25). The SMILES string of the molecule is CCCCC(CN)NC(=O)C1CCN(C(=O)c2ccc(F)cc2F)CC1. The van der Waals surface area contributed by atoms with Crippen LogP contribution in [-0.2, 0) is 4.79 Å². The van der Waals surface area contributed by atoms with Crippen LogP contribution in [0, 0.1) is 17.6 Å². The van der Waals surface area contributed by atoms with Crippen LogP contribution in [0.3, 0.4) is 0 Å². The van der Waals surface area contributed by atoms with Gasteiger partial charge in [0.25, 0.3) is 5.91 Å². The minimum atomic E-state index is -0.864. The van der Waals surface area contributed by atoms with E-state index in [-0.39, 0.29) is 23.4 Å². The van der Waals surface area contributed by atoms with Crippen molar-refractivity contribution >= 4 is 11.8 Å². The van der Waals surface area contributed by atoms with Gasteiger partial charge in [0, 0.05) is 37.7 Å². The van der Waals surface area contributed by atoms with E-state index in [0.717, 1.165) is 31.4 Å². The van der Waals surface area contributed by atoms with Crippen molar-refractivity contribution in [3.63, 3.8) is 0 Å². The summed E-state index contributed by atoms with van der Waals surface area (Å²) in [5.41, 5.74) is 5.57. The van der Waals surface area contributed by atoms with Gasteiger partial charge in [0.05, 0.1) is 5.56 Å². The third kappa shape index (κ3) is 5.24. The van der Waals surface area contributed by atoms with Gasteiger partial charge in [-0.2, -0.15) is 0 Å². The Balaban J connectivity index is 1.88. The predicted octanol–water partition coefficient (Wildman–Crippen LogP) is 2.45. The van der Waals surface area contributed by atoms with Gasteiger partial charge in [-0.05, 0) is 31.4 Å². The number of nitrogens with two attached hydrogens (primary N) is 1. The van der Waals surface area contributed by atoms with Crippen LogP contribution in [0.4, 0.5) is 8.78 Å². The van der Waals surface area contributed by atoms with Crippen molar-refractivity contribution in [2.75, 3.05) is 19.6 Å².